The van der Waals surface area contributed by atoms with Crippen molar-refractivity contribution in [3.63, 3.8) is 0 Å². The van der Waals surface area contributed by atoms with E-state index in [2.05, 4.69) is 14.3 Å². The summed E-state index contributed by atoms with van der Waals surface area (Å²) >= 11 is 1.46. The number of anilines is 1. The predicted octanol–water partition coefficient (Wildman–Crippen LogP) is 2.47. The van der Waals surface area contributed by atoms with Gasteiger partial charge in [0.15, 0.2) is 0 Å². The van der Waals surface area contributed by atoms with Crippen molar-refractivity contribution in [3.05, 3.63) is 5.82 Å². The minimum Gasteiger partial charge on any atom is -0.343 e. The lowest BCUT2D eigenvalue weighted by molar-refractivity contribution is -0.132. The minimum absolute atomic E-state index is 0.356. The smallest absolute Gasteiger partial charge is 0.222 e. The normalized spacial score (nSPS) is 20.8. The number of amides is 1. The molecule has 1 amide bonds. The van der Waals surface area contributed by atoms with Crippen LogP contribution in [-0.4, -0.2) is 46.3 Å². The van der Waals surface area contributed by atoms with E-state index in [0.717, 1.165) is 43.6 Å². The third kappa shape index (κ3) is 3.73. The van der Waals surface area contributed by atoms with Gasteiger partial charge in [-0.2, -0.15) is 4.37 Å². The Hall–Kier alpha value is -1.17. The van der Waals surface area contributed by atoms with Crippen molar-refractivity contribution in [1.82, 2.24) is 14.3 Å². The molecule has 5 nitrogen and oxygen atoms in total. The maximum atomic E-state index is 12.4. The van der Waals surface area contributed by atoms with Crippen LogP contribution in [0.3, 0.4) is 0 Å². The Morgan fingerprint density at radius 1 is 1.19 bits per heavy atom. The second-order valence-electron chi connectivity index (χ2n) is 6.20. The molecule has 2 fully saturated rings. The SMILES string of the molecule is Cc1nsc(N2CCN(C(=O)CC3CCCCC3)CC2)n1. The highest BCUT2D eigenvalue weighted by molar-refractivity contribution is 7.09. The number of carbonyl (C=O) groups excluding carboxylic acids is 1. The lowest BCUT2D eigenvalue weighted by atomic mass is 9.86. The summed E-state index contributed by atoms with van der Waals surface area (Å²) in [6.45, 7) is 5.33. The number of aromatic nitrogens is 2. The highest BCUT2D eigenvalue weighted by atomic mass is 32.1. The molecule has 1 saturated carbocycles. The quantitative estimate of drug-likeness (QED) is 0.861. The van der Waals surface area contributed by atoms with E-state index in [1.54, 1.807) is 0 Å². The van der Waals surface area contributed by atoms with Gasteiger partial charge in [-0.3, -0.25) is 4.79 Å². The van der Waals surface area contributed by atoms with Crippen LogP contribution in [0.25, 0.3) is 0 Å². The van der Waals surface area contributed by atoms with Crippen LogP contribution < -0.4 is 4.90 Å². The van der Waals surface area contributed by atoms with Gasteiger partial charge in [-0.1, -0.05) is 19.3 Å². The number of nitrogens with zero attached hydrogens (tertiary/aromatic N) is 4. The average Bonchev–Trinajstić information content (AvgIpc) is 2.95. The molecule has 6 heteroatoms. The van der Waals surface area contributed by atoms with Gasteiger partial charge in [0.1, 0.15) is 5.82 Å². The molecule has 0 radical (unpaired) electrons. The standard InChI is InChI=1S/C15H24N4OS/c1-12-16-15(21-17-12)19-9-7-18(8-10-19)14(20)11-13-5-3-2-4-6-13/h13H,2-11H2,1H3. The fraction of sp³-hybridized carbons (Fsp3) is 0.800. The van der Waals surface area contributed by atoms with E-state index >= 15 is 0 Å². The molecule has 0 N–H and O–H groups in total. The molecule has 1 aromatic rings. The van der Waals surface area contributed by atoms with Crippen molar-refractivity contribution in [2.45, 2.75) is 45.4 Å². The first-order chi connectivity index (χ1) is 10.2. The Balaban J connectivity index is 1.47. The van der Waals surface area contributed by atoms with E-state index in [9.17, 15) is 4.79 Å². The fourth-order valence-corrected chi connectivity index (χ4v) is 4.05. The fourth-order valence-electron chi connectivity index (χ4n) is 3.33. The Bertz CT molecular complexity index is 476. The monoisotopic (exact) mass is 308 g/mol. The topological polar surface area (TPSA) is 49.3 Å². The van der Waals surface area contributed by atoms with Crippen LogP contribution in [-0.2, 0) is 4.79 Å². The van der Waals surface area contributed by atoms with Gasteiger partial charge in [0.05, 0.1) is 0 Å². The zero-order chi connectivity index (χ0) is 14.7. The summed E-state index contributed by atoms with van der Waals surface area (Å²) in [7, 11) is 0. The van der Waals surface area contributed by atoms with Gasteiger partial charge in [-0.05, 0) is 25.7 Å². The number of hydrogen-bond donors (Lipinski definition) is 0. The minimum atomic E-state index is 0.356. The lowest BCUT2D eigenvalue weighted by Gasteiger charge is -2.35. The predicted molar refractivity (Wildman–Crippen MR) is 84.6 cm³/mol. The van der Waals surface area contributed by atoms with Crippen molar-refractivity contribution >= 4 is 22.6 Å². The number of piperazine rings is 1. The zero-order valence-electron chi connectivity index (χ0n) is 12.8. The van der Waals surface area contributed by atoms with Crippen molar-refractivity contribution in [1.29, 1.82) is 0 Å². The third-order valence-electron chi connectivity index (χ3n) is 4.61. The van der Waals surface area contributed by atoms with E-state index in [-0.39, 0.29) is 0 Å². The molecule has 0 unspecified atom stereocenters. The molecular weight excluding hydrogens is 284 g/mol. The van der Waals surface area contributed by atoms with Crippen molar-refractivity contribution in [2.75, 3.05) is 31.1 Å². The summed E-state index contributed by atoms with van der Waals surface area (Å²) in [6, 6.07) is 0. The van der Waals surface area contributed by atoms with Gasteiger partial charge in [-0.25, -0.2) is 4.98 Å². The van der Waals surface area contributed by atoms with Crippen LogP contribution in [0.4, 0.5) is 5.13 Å². The van der Waals surface area contributed by atoms with Gasteiger partial charge in [0, 0.05) is 44.1 Å². The molecule has 0 aromatic carbocycles. The number of hydrogen-bond acceptors (Lipinski definition) is 5. The maximum absolute atomic E-state index is 12.4. The Morgan fingerprint density at radius 3 is 2.52 bits per heavy atom. The molecule has 3 rings (SSSR count). The van der Waals surface area contributed by atoms with Gasteiger partial charge in [0.25, 0.3) is 0 Å². The lowest BCUT2D eigenvalue weighted by Crippen LogP contribution is -2.49. The molecule has 2 aliphatic rings. The third-order valence-corrected chi connectivity index (χ3v) is 5.48. The average molecular weight is 308 g/mol. The summed E-state index contributed by atoms with van der Waals surface area (Å²) < 4.78 is 4.23. The first-order valence-electron chi connectivity index (χ1n) is 8.05. The second-order valence-corrected chi connectivity index (χ2v) is 6.93. The summed E-state index contributed by atoms with van der Waals surface area (Å²) in [6.07, 6.45) is 7.22. The van der Waals surface area contributed by atoms with Gasteiger partial charge < -0.3 is 9.80 Å². The van der Waals surface area contributed by atoms with E-state index in [1.807, 2.05) is 11.8 Å². The first kappa shape index (κ1) is 14.8. The summed E-state index contributed by atoms with van der Waals surface area (Å²) in [5.41, 5.74) is 0. The van der Waals surface area contributed by atoms with Crippen LogP contribution in [0.5, 0.6) is 0 Å². The molecule has 1 aliphatic heterocycles. The molecule has 1 aromatic heterocycles. The molecule has 0 spiro atoms. The van der Waals surface area contributed by atoms with Gasteiger partial charge in [-0.15, -0.1) is 0 Å². The largest absolute Gasteiger partial charge is 0.343 e. The van der Waals surface area contributed by atoms with Crippen molar-refractivity contribution < 1.29 is 4.79 Å². The van der Waals surface area contributed by atoms with Crippen LogP contribution >= 0.6 is 11.5 Å². The Kier molecular flexibility index (Phi) is 4.73. The summed E-state index contributed by atoms with van der Waals surface area (Å²) in [5, 5.41) is 0.992. The first-order valence-corrected chi connectivity index (χ1v) is 8.83. The van der Waals surface area contributed by atoms with E-state index < -0.39 is 0 Å². The van der Waals surface area contributed by atoms with Crippen LogP contribution in [0.15, 0.2) is 0 Å². The number of rotatable bonds is 3. The second kappa shape index (κ2) is 6.73. The Labute approximate surface area is 130 Å². The molecule has 21 heavy (non-hydrogen) atoms. The van der Waals surface area contributed by atoms with Crippen molar-refractivity contribution in [3.8, 4) is 0 Å². The maximum Gasteiger partial charge on any atom is 0.222 e. The van der Waals surface area contributed by atoms with Crippen LogP contribution in [0.2, 0.25) is 0 Å². The van der Waals surface area contributed by atoms with E-state index in [4.69, 9.17) is 0 Å². The van der Waals surface area contributed by atoms with Gasteiger partial charge in [0.2, 0.25) is 11.0 Å². The molecule has 2 heterocycles. The van der Waals surface area contributed by atoms with Gasteiger partial charge >= 0.3 is 0 Å². The van der Waals surface area contributed by atoms with E-state index in [0.29, 0.717) is 11.8 Å². The molecule has 1 aliphatic carbocycles. The summed E-state index contributed by atoms with van der Waals surface area (Å²) in [5.74, 6) is 1.83. The molecular formula is C15H24N4OS. The highest BCUT2D eigenvalue weighted by Crippen LogP contribution is 2.27. The summed E-state index contributed by atoms with van der Waals surface area (Å²) in [4.78, 5) is 21.1. The molecule has 0 atom stereocenters. The Morgan fingerprint density at radius 2 is 1.90 bits per heavy atom. The number of carbonyl (C=O) groups is 1. The molecule has 116 valence electrons. The molecule has 1 saturated heterocycles. The van der Waals surface area contributed by atoms with Crippen LogP contribution in [0.1, 0.15) is 44.3 Å². The van der Waals surface area contributed by atoms with Crippen molar-refractivity contribution in [2.24, 2.45) is 5.92 Å². The highest BCUT2D eigenvalue weighted by Gasteiger charge is 2.25. The zero-order valence-corrected chi connectivity index (χ0v) is 13.6. The van der Waals surface area contributed by atoms with Crippen LogP contribution in [0, 0.1) is 12.8 Å². The number of aryl methyl sites for hydroxylation is 1. The van der Waals surface area contributed by atoms with E-state index in [1.165, 1.54) is 43.6 Å². The molecule has 0 bridgehead atoms.